The molecule has 0 atom stereocenters. The quantitative estimate of drug-likeness (QED) is 0.846. The fourth-order valence-electron chi connectivity index (χ4n) is 1.81. The van der Waals surface area contributed by atoms with Gasteiger partial charge in [-0.2, -0.15) is 4.98 Å². The highest BCUT2D eigenvalue weighted by Crippen LogP contribution is 2.34. The van der Waals surface area contributed by atoms with Gasteiger partial charge >= 0.3 is 11.7 Å². The first-order valence-electron chi connectivity index (χ1n) is 5.67. The van der Waals surface area contributed by atoms with Gasteiger partial charge in [-0.05, 0) is 12.8 Å². The molecule has 0 spiro atoms. The normalized spacial score (nSPS) is 15.9. The third kappa shape index (κ3) is 2.23. The SMILES string of the molecule is CC(C)(C)c1nc(=O)n(C2CC2)cc1C(=O)O. The zero-order valence-electron chi connectivity index (χ0n) is 10.2. The van der Waals surface area contributed by atoms with Crippen molar-refractivity contribution in [2.75, 3.05) is 0 Å². The van der Waals surface area contributed by atoms with E-state index in [-0.39, 0.29) is 17.3 Å². The molecule has 2 rings (SSSR count). The first kappa shape index (κ1) is 11.8. The van der Waals surface area contributed by atoms with Crippen molar-refractivity contribution < 1.29 is 9.90 Å². The van der Waals surface area contributed by atoms with E-state index in [0.29, 0.717) is 5.69 Å². The Morgan fingerprint density at radius 1 is 1.47 bits per heavy atom. The van der Waals surface area contributed by atoms with Crippen LogP contribution in [-0.2, 0) is 5.41 Å². The van der Waals surface area contributed by atoms with Gasteiger partial charge in [0.2, 0.25) is 0 Å². The van der Waals surface area contributed by atoms with Crippen LogP contribution < -0.4 is 5.69 Å². The summed E-state index contributed by atoms with van der Waals surface area (Å²) in [5, 5.41) is 9.19. The summed E-state index contributed by atoms with van der Waals surface area (Å²) < 4.78 is 1.44. The van der Waals surface area contributed by atoms with E-state index in [0.717, 1.165) is 12.8 Å². The first-order chi connectivity index (χ1) is 7.80. The van der Waals surface area contributed by atoms with Crippen LogP contribution in [0.4, 0.5) is 0 Å². The summed E-state index contributed by atoms with van der Waals surface area (Å²) in [4.78, 5) is 27.0. The van der Waals surface area contributed by atoms with Crippen LogP contribution in [0.1, 0.15) is 55.7 Å². The standard InChI is InChI=1S/C12H16N2O3/c1-12(2,3)9-8(10(15)16)6-14(7-4-5-7)11(17)13-9/h6-7H,4-5H2,1-3H3,(H,15,16). The van der Waals surface area contributed by atoms with E-state index in [1.165, 1.54) is 10.8 Å². The zero-order valence-corrected chi connectivity index (χ0v) is 10.2. The molecule has 5 nitrogen and oxygen atoms in total. The second-order valence-electron chi connectivity index (χ2n) is 5.48. The molecule has 17 heavy (non-hydrogen) atoms. The molecule has 0 aromatic carbocycles. The van der Waals surface area contributed by atoms with Gasteiger partial charge in [0.15, 0.2) is 0 Å². The molecule has 1 N–H and O–H groups in total. The Labute approximate surface area is 99.1 Å². The van der Waals surface area contributed by atoms with Crippen molar-refractivity contribution in [3.63, 3.8) is 0 Å². The van der Waals surface area contributed by atoms with Crippen LogP contribution in [-0.4, -0.2) is 20.6 Å². The van der Waals surface area contributed by atoms with E-state index in [1.807, 2.05) is 20.8 Å². The summed E-state index contributed by atoms with van der Waals surface area (Å²) in [5.74, 6) is -1.03. The molecule has 0 aliphatic heterocycles. The minimum atomic E-state index is -1.03. The molecule has 0 unspecified atom stereocenters. The number of hydrogen-bond acceptors (Lipinski definition) is 3. The molecule has 92 valence electrons. The summed E-state index contributed by atoms with van der Waals surface area (Å²) in [6, 6.07) is 0.141. The van der Waals surface area contributed by atoms with Crippen molar-refractivity contribution in [2.45, 2.75) is 45.1 Å². The summed E-state index contributed by atoms with van der Waals surface area (Å²) in [7, 11) is 0. The molecule has 0 radical (unpaired) electrons. The van der Waals surface area contributed by atoms with Gasteiger partial charge < -0.3 is 5.11 Å². The number of rotatable bonds is 2. The molecule has 1 aliphatic carbocycles. The predicted octanol–water partition coefficient (Wildman–Crippen LogP) is 1.57. The third-order valence-electron chi connectivity index (χ3n) is 2.83. The molecule has 0 bridgehead atoms. The molecule has 1 aliphatic rings. The van der Waals surface area contributed by atoms with Crippen LogP contribution in [0, 0.1) is 0 Å². The van der Waals surface area contributed by atoms with Crippen LogP contribution in [0.5, 0.6) is 0 Å². The van der Waals surface area contributed by atoms with Gasteiger partial charge in [-0.15, -0.1) is 0 Å². The van der Waals surface area contributed by atoms with Crippen molar-refractivity contribution in [1.82, 2.24) is 9.55 Å². The molecule has 0 saturated heterocycles. The molecular weight excluding hydrogens is 220 g/mol. The Morgan fingerprint density at radius 3 is 2.47 bits per heavy atom. The van der Waals surface area contributed by atoms with E-state index in [9.17, 15) is 14.7 Å². The minimum Gasteiger partial charge on any atom is -0.478 e. The van der Waals surface area contributed by atoms with Gasteiger partial charge in [-0.1, -0.05) is 20.8 Å². The van der Waals surface area contributed by atoms with Crippen molar-refractivity contribution >= 4 is 5.97 Å². The molecule has 1 aromatic rings. The van der Waals surface area contributed by atoms with Crippen molar-refractivity contribution in [3.05, 3.63) is 27.9 Å². The highest BCUT2D eigenvalue weighted by atomic mass is 16.4. The molecule has 0 amide bonds. The lowest BCUT2D eigenvalue weighted by atomic mass is 9.89. The van der Waals surface area contributed by atoms with Gasteiger partial charge in [-0.25, -0.2) is 9.59 Å². The molecular formula is C12H16N2O3. The minimum absolute atomic E-state index is 0.129. The van der Waals surface area contributed by atoms with Crippen LogP contribution in [0.2, 0.25) is 0 Å². The van der Waals surface area contributed by atoms with E-state index in [4.69, 9.17) is 0 Å². The lowest BCUT2D eigenvalue weighted by molar-refractivity contribution is 0.0692. The van der Waals surface area contributed by atoms with E-state index >= 15 is 0 Å². The summed E-state index contributed by atoms with van der Waals surface area (Å²) in [6.07, 6.45) is 3.29. The first-order valence-corrected chi connectivity index (χ1v) is 5.67. The topological polar surface area (TPSA) is 72.2 Å². The second kappa shape index (κ2) is 3.68. The maximum absolute atomic E-state index is 11.8. The monoisotopic (exact) mass is 236 g/mol. The maximum atomic E-state index is 11.8. The average molecular weight is 236 g/mol. The van der Waals surface area contributed by atoms with Gasteiger partial charge in [0.25, 0.3) is 0 Å². The van der Waals surface area contributed by atoms with E-state index in [2.05, 4.69) is 4.98 Å². The fourth-order valence-corrected chi connectivity index (χ4v) is 1.81. The smallest absolute Gasteiger partial charge is 0.348 e. The molecule has 5 heteroatoms. The fraction of sp³-hybridized carbons (Fsp3) is 0.583. The lowest BCUT2D eigenvalue weighted by Gasteiger charge is -2.20. The maximum Gasteiger partial charge on any atom is 0.348 e. The van der Waals surface area contributed by atoms with Crippen LogP contribution in [0.3, 0.4) is 0 Å². The Hall–Kier alpha value is -1.65. The number of carboxylic acids is 1. The second-order valence-corrected chi connectivity index (χ2v) is 5.48. The van der Waals surface area contributed by atoms with Crippen LogP contribution in [0.25, 0.3) is 0 Å². The summed E-state index contributed by atoms with van der Waals surface area (Å²) >= 11 is 0. The number of hydrogen-bond donors (Lipinski definition) is 1. The number of aromatic carboxylic acids is 1. The van der Waals surface area contributed by atoms with Gasteiger partial charge in [0.1, 0.15) is 0 Å². The largest absolute Gasteiger partial charge is 0.478 e. The molecule has 1 saturated carbocycles. The Morgan fingerprint density at radius 2 is 2.06 bits per heavy atom. The Balaban J connectivity index is 2.63. The lowest BCUT2D eigenvalue weighted by Crippen LogP contribution is -2.30. The molecule has 1 aromatic heterocycles. The van der Waals surface area contributed by atoms with Crippen molar-refractivity contribution in [1.29, 1.82) is 0 Å². The van der Waals surface area contributed by atoms with Crippen molar-refractivity contribution in [3.8, 4) is 0 Å². The molecule has 1 fully saturated rings. The highest BCUT2D eigenvalue weighted by Gasteiger charge is 2.30. The number of carboxylic acid groups (broad SMARTS) is 1. The molecule has 1 heterocycles. The van der Waals surface area contributed by atoms with Gasteiger partial charge in [-0.3, -0.25) is 4.57 Å². The predicted molar refractivity (Wildman–Crippen MR) is 62.4 cm³/mol. The van der Waals surface area contributed by atoms with E-state index < -0.39 is 11.4 Å². The Bertz CT molecular complexity index is 522. The van der Waals surface area contributed by atoms with E-state index in [1.54, 1.807) is 0 Å². The third-order valence-corrected chi connectivity index (χ3v) is 2.83. The number of carbonyl (C=O) groups is 1. The number of nitrogens with zero attached hydrogens (tertiary/aromatic N) is 2. The number of aromatic nitrogens is 2. The van der Waals surface area contributed by atoms with Crippen LogP contribution >= 0.6 is 0 Å². The highest BCUT2D eigenvalue weighted by molar-refractivity contribution is 5.88. The van der Waals surface area contributed by atoms with Gasteiger partial charge in [0.05, 0.1) is 11.3 Å². The van der Waals surface area contributed by atoms with Crippen LogP contribution in [0.15, 0.2) is 11.0 Å². The summed E-state index contributed by atoms with van der Waals surface area (Å²) in [6.45, 7) is 5.55. The van der Waals surface area contributed by atoms with Crippen molar-refractivity contribution in [2.24, 2.45) is 0 Å². The average Bonchev–Trinajstić information content (AvgIpc) is 2.98. The van der Waals surface area contributed by atoms with Gasteiger partial charge in [0, 0.05) is 17.7 Å². The zero-order chi connectivity index (χ0) is 12.8. The summed E-state index contributed by atoms with van der Waals surface area (Å²) in [5.41, 5.74) is -0.312. The Kier molecular flexibility index (Phi) is 2.56.